The van der Waals surface area contributed by atoms with Crippen LogP contribution >= 0.6 is 0 Å². The minimum absolute atomic E-state index is 0.0286. The summed E-state index contributed by atoms with van der Waals surface area (Å²) < 4.78 is 43.6. The highest BCUT2D eigenvalue weighted by molar-refractivity contribution is 5.67. The minimum Gasteiger partial charge on any atom is -0.444 e. The summed E-state index contributed by atoms with van der Waals surface area (Å²) in [6.45, 7) is 4.82. The summed E-state index contributed by atoms with van der Waals surface area (Å²) in [5, 5.41) is 2.32. The summed E-state index contributed by atoms with van der Waals surface area (Å²) in [5.74, 6) is -0.988. The first-order valence-corrected chi connectivity index (χ1v) is 5.73. The summed E-state index contributed by atoms with van der Waals surface area (Å²) >= 11 is 0. The monoisotopic (exact) mass is 275 g/mol. The lowest BCUT2D eigenvalue weighted by Crippen LogP contribution is -2.32. The van der Waals surface area contributed by atoms with Crippen molar-refractivity contribution in [2.75, 3.05) is 0 Å². The molecule has 1 amide bonds. The van der Waals surface area contributed by atoms with E-state index in [1.165, 1.54) is 12.1 Å². The summed E-state index contributed by atoms with van der Waals surface area (Å²) in [5.41, 5.74) is -1.35. The van der Waals surface area contributed by atoms with Crippen LogP contribution in [0, 0.1) is 5.82 Å². The minimum atomic E-state index is -2.93. The number of alkyl halides is 2. The topological polar surface area (TPSA) is 38.3 Å². The number of carbonyl (C=O) groups excluding carboxylic acids is 1. The van der Waals surface area contributed by atoms with E-state index in [2.05, 4.69) is 5.32 Å². The van der Waals surface area contributed by atoms with Crippen molar-refractivity contribution in [3.05, 3.63) is 35.1 Å². The Morgan fingerprint density at radius 3 is 2.53 bits per heavy atom. The van der Waals surface area contributed by atoms with Gasteiger partial charge in [0.2, 0.25) is 0 Å². The smallest absolute Gasteiger partial charge is 0.407 e. The number of alkyl carbamates (subject to hydrolysis) is 1. The van der Waals surface area contributed by atoms with Crippen molar-refractivity contribution in [3.8, 4) is 0 Å². The molecule has 0 aliphatic heterocycles. The molecule has 0 saturated heterocycles. The number of halogens is 3. The second-order valence-electron chi connectivity index (χ2n) is 4.97. The first-order chi connectivity index (χ1) is 8.70. The van der Waals surface area contributed by atoms with Gasteiger partial charge in [0.15, 0.2) is 0 Å². The third-order valence-electron chi connectivity index (χ3n) is 2.18. The van der Waals surface area contributed by atoms with Gasteiger partial charge in [-0.15, -0.1) is 0 Å². The molecule has 0 radical (unpaired) electrons. The van der Waals surface area contributed by atoms with Crippen molar-refractivity contribution >= 4 is 6.09 Å². The van der Waals surface area contributed by atoms with Crippen LogP contribution < -0.4 is 5.32 Å². The van der Waals surface area contributed by atoms with Gasteiger partial charge in [-0.2, -0.15) is 0 Å². The van der Waals surface area contributed by atoms with Gasteiger partial charge in [0, 0.05) is 6.54 Å². The number of ether oxygens (including phenoxy) is 1. The van der Waals surface area contributed by atoms with E-state index in [4.69, 9.17) is 4.74 Å². The molecule has 0 bridgehead atoms. The lowest BCUT2D eigenvalue weighted by Gasteiger charge is -2.20. The Bertz CT molecular complexity index is 456. The first-order valence-electron chi connectivity index (χ1n) is 5.73. The lowest BCUT2D eigenvalue weighted by atomic mass is 10.1. The molecule has 1 rings (SSSR count). The molecule has 1 aromatic rings. The molecule has 0 unspecified atom stereocenters. The molecule has 1 aromatic carbocycles. The van der Waals surface area contributed by atoms with Gasteiger partial charge in [-0.1, -0.05) is 12.1 Å². The van der Waals surface area contributed by atoms with Gasteiger partial charge in [0.25, 0.3) is 6.43 Å². The summed E-state index contributed by atoms with van der Waals surface area (Å²) in [6.07, 6.45) is -3.67. The predicted octanol–water partition coefficient (Wildman–Crippen LogP) is 3.79. The van der Waals surface area contributed by atoms with Crippen LogP contribution in [-0.2, 0) is 11.3 Å². The van der Waals surface area contributed by atoms with E-state index >= 15 is 0 Å². The Kier molecular flexibility index (Phi) is 4.80. The van der Waals surface area contributed by atoms with E-state index in [1.54, 1.807) is 20.8 Å². The Morgan fingerprint density at radius 1 is 1.37 bits per heavy atom. The maximum atomic E-state index is 13.3. The largest absolute Gasteiger partial charge is 0.444 e. The Hall–Kier alpha value is -1.72. The molecule has 0 fully saturated rings. The van der Waals surface area contributed by atoms with Crippen molar-refractivity contribution < 1.29 is 22.7 Å². The highest BCUT2D eigenvalue weighted by Gasteiger charge is 2.20. The molecule has 3 nitrogen and oxygen atoms in total. The van der Waals surface area contributed by atoms with Crippen LogP contribution in [0.5, 0.6) is 0 Å². The summed E-state index contributed by atoms with van der Waals surface area (Å²) in [4.78, 5) is 11.4. The van der Waals surface area contributed by atoms with Crippen LogP contribution in [0.25, 0.3) is 0 Å². The predicted molar refractivity (Wildman–Crippen MR) is 64.4 cm³/mol. The summed E-state index contributed by atoms with van der Waals surface area (Å²) in [7, 11) is 0. The van der Waals surface area contributed by atoms with Crippen LogP contribution in [-0.4, -0.2) is 11.7 Å². The van der Waals surface area contributed by atoms with Gasteiger partial charge in [-0.3, -0.25) is 0 Å². The van der Waals surface area contributed by atoms with E-state index in [9.17, 15) is 18.0 Å². The molecular weight excluding hydrogens is 259 g/mol. The molecule has 0 spiro atoms. The SMILES string of the molecule is CC(C)(C)OC(=O)NCc1cccc(F)c1C(F)F. The molecule has 0 heterocycles. The molecule has 0 saturated carbocycles. The van der Waals surface area contributed by atoms with Crippen LogP contribution in [0.2, 0.25) is 0 Å². The molecule has 6 heteroatoms. The van der Waals surface area contributed by atoms with Crippen LogP contribution in [0.4, 0.5) is 18.0 Å². The van der Waals surface area contributed by atoms with Crippen LogP contribution in [0.3, 0.4) is 0 Å². The number of hydrogen-bond donors (Lipinski definition) is 1. The third-order valence-corrected chi connectivity index (χ3v) is 2.18. The van der Waals surface area contributed by atoms with Crippen molar-refractivity contribution in [2.24, 2.45) is 0 Å². The molecule has 19 heavy (non-hydrogen) atoms. The fourth-order valence-electron chi connectivity index (χ4n) is 1.46. The highest BCUT2D eigenvalue weighted by atomic mass is 19.3. The fourth-order valence-corrected chi connectivity index (χ4v) is 1.46. The van der Waals surface area contributed by atoms with E-state index in [1.807, 2.05) is 0 Å². The molecule has 0 aliphatic rings. The average Bonchev–Trinajstić information content (AvgIpc) is 2.23. The molecule has 1 N–H and O–H groups in total. The quantitative estimate of drug-likeness (QED) is 0.911. The molecular formula is C13H16F3NO2. The second kappa shape index (κ2) is 5.95. The zero-order valence-electron chi connectivity index (χ0n) is 11.0. The first kappa shape index (κ1) is 15.3. The van der Waals surface area contributed by atoms with Gasteiger partial charge in [0.05, 0.1) is 5.56 Å². The molecule has 0 aliphatic carbocycles. The number of benzene rings is 1. The molecule has 106 valence electrons. The zero-order valence-corrected chi connectivity index (χ0v) is 11.0. The van der Waals surface area contributed by atoms with Crippen LogP contribution in [0.1, 0.15) is 38.3 Å². The number of hydrogen-bond acceptors (Lipinski definition) is 2. The Morgan fingerprint density at radius 2 is 2.00 bits per heavy atom. The van der Waals surface area contributed by atoms with Gasteiger partial charge >= 0.3 is 6.09 Å². The van der Waals surface area contributed by atoms with Gasteiger partial charge < -0.3 is 10.1 Å². The van der Waals surface area contributed by atoms with Crippen molar-refractivity contribution in [1.29, 1.82) is 0 Å². The number of nitrogens with one attached hydrogen (secondary N) is 1. The molecule has 0 atom stereocenters. The Balaban J connectivity index is 2.73. The van der Waals surface area contributed by atoms with Crippen molar-refractivity contribution in [1.82, 2.24) is 5.32 Å². The number of rotatable bonds is 3. The summed E-state index contributed by atoms with van der Waals surface area (Å²) in [6, 6.07) is 3.60. The normalized spacial score (nSPS) is 11.5. The van der Waals surface area contributed by atoms with E-state index < -0.39 is 29.5 Å². The Labute approximate surface area is 109 Å². The fraction of sp³-hybridized carbons (Fsp3) is 0.462. The standard InChI is InChI=1S/C13H16F3NO2/c1-13(2,3)19-12(18)17-7-8-5-4-6-9(14)10(8)11(15)16/h4-6,11H,7H2,1-3H3,(H,17,18). The molecule has 0 aromatic heterocycles. The second-order valence-corrected chi connectivity index (χ2v) is 4.97. The number of amides is 1. The zero-order chi connectivity index (χ0) is 14.6. The van der Waals surface area contributed by atoms with Gasteiger partial charge in [0.1, 0.15) is 11.4 Å². The highest BCUT2D eigenvalue weighted by Crippen LogP contribution is 2.25. The average molecular weight is 275 g/mol. The van der Waals surface area contributed by atoms with Gasteiger partial charge in [-0.05, 0) is 32.4 Å². The van der Waals surface area contributed by atoms with E-state index in [0.29, 0.717) is 0 Å². The van der Waals surface area contributed by atoms with Crippen molar-refractivity contribution in [3.63, 3.8) is 0 Å². The van der Waals surface area contributed by atoms with Gasteiger partial charge in [-0.25, -0.2) is 18.0 Å². The maximum Gasteiger partial charge on any atom is 0.407 e. The lowest BCUT2D eigenvalue weighted by molar-refractivity contribution is 0.0522. The third kappa shape index (κ3) is 4.81. The maximum absolute atomic E-state index is 13.3. The van der Waals surface area contributed by atoms with Crippen LogP contribution in [0.15, 0.2) is 18.2 Å². The van der Waals surface area contributed by atoms with Crippen molar-refractivity contribution in [2.45, 2.75) is 39.3 Å². The van der Waals surface area contributed by atoms with E-state index in [0.717, 1.165) is 6.07 Å². The number of carbonyl (C=O) groups is 1. The van der Waals surface area contributed by atoms with E-state index in [-0.39, 0.29) is 12.1 Å².